The van der Waals surface area contributed by atoms with Gasteiger partial charge in [0.05, 0.1) is 20.3 Å². The molecule has 6 heteroatoms. The van der Waals surface area contributed by atoms with Crippen molar-refractivity contribution in [2.24, 2.45) is 0 Å². The summed E-state index contributed by atoms with van der Waals surface area (Å²) in [5.74, 6) is 0.802. The first-order valence-electron chi connectivity index (χ1n) is 10.3. The number of anilines is 1. The van der Waals surface area contributed by atoms with Gasteiger partial charge in [0.25, 0.3) is 5.91 Å². The number of methoxy groups -OCH3 is 1. The smallest absolute Gasteiger partial charge is 0.264 e. The van der Waals surface area contributed by atoms with Gasteiger partial charge in [0.15, 0.2) is 0 Å². The van der Waals surface area contributed by atoms with Gasteiger partial charge in [0.2, 0.25) is 0 Å². The molecule has 3 rings (SSSR count). The molecule has 0 N–H and O–H groups in total. The number of rotatable bonds is 4. The summed E-state index contributed by atoms with van der Waals surface area (Å²) >= 11 is 0. The lowest BCUT2D eigenvalue weighted by Gasteiger charge is -2.47. The van der Waals surface area contributed by atoms with E-state index in [2.05, 4.69) is 50.8 Å². The van der Waals surface area contributed by atoms with Crippen LogP contribution in [0.3, 0.4) is 0 Å². The van der Waals surface area contributed by atoms with Crippen LogP contribution in [-0.4, -0.2) is 56.3 Å². The lowest BCUT2D eigenvalue weighted by molar-refractivity contribution is -0.130. The summed E-state index contributed by atoms with van der Waals surface area (Å²) in [4.78, 5) is 16.9. The van der Waals surface area contributed by atoms with Crippen molar-refractivity contribution in [1.82, 2.24) is 4.90 Å². The van der Waals surface area contributed by atoms with Crippen LogP contribution in [0.15, 0.2) is 17.7 Å². The number of ether oxygens (including phenoxy) is 2. The van der Waals surface area contributed by atoms with Crippen molar-refractivity contribution < 1.29 is 14.3 Å². The predicted octanol–water partition coefficient (Wildman–Crippen LogP) is 3.57. The van der Waals surface area contributed by atoms with E-state index in [0.29, 0.717) is 38.0 Å². The number of morpholine rings is 1. The standard InChI is InChI=1S/C23H31N3O3/c1-6-26-20-13-21(28-5)17(12-19(20)16(2)14-23(26,3)4)11-18(15-24)22(27)25-7-9-29-10-8-25/h11-13,16H,6-10,14H2,1-5H3/b18-11+. The fraction of sp³-hybridized carbons (Fsp3) is 0.565. The molecular weight excluding hydrogens is 366 g/mol. The molecule has 0 aromatic heterocycles. The number of fused-ring (bicyclic) bond motifs is 1. The quantitative estimate of drug-likeness (QED) is 0.574. The van der Waals surface area contributed by atoms with Crippen LogP contribution in [-0.2, 0) is 9.53 Å². The molecule has 0 spiro atoms. The Morgan fingerprint density at radius 2 is 2.07 bits per heavy atom. The number of nitrogens with zero attached hydrogens (tertiary/aromatic N) is 3. The summed E-state index contributed by atoms with van der Waals surface area (Å²) in [5, 5.41) is 9.65. The van der Waals surface area contributed by atoms with Crippen LogP contribution >= 0.6 is 0 Å². The van der Waals surface area contributed by atoms with Gasteiger partial charge in [0, 0.05) is 42.5 Å². The maximum atomic E-state index is 12.8. The van der Waals surface area contributed by atoms with E-state index >= 15 is 0 Å². The third kappa shape index (κ3) is 4.11. The fourth-order valence-corrected chi connectivity index (χ4v) is 4.65. The van der Waals surface area contributed by atoms with Crippen molar-refractivity contribution in [2.45, 2.75) is 45.6 Å². The predicted molar refractivity (Wildman–Crippen MR) is 114 cm³/mol. The van der Waals surface area contributed by atoms with E-state index in [4.69, 9.17) is 9.47 Å². The Hall–Kier alpha value is -2.52. The Labute approximate surface area is 173 Å². The SMILES string of the molecule is CCN1c2cc(OC)c(/C=C(\C#N)C(=O)N3CCOCC3)cc2C(C)CC1(C)C. The molecule has 0 aliphatic carbocycles. The average molecular weight is 398 g/mol. The van der Waals surface area contributed by atoms with Crippen LogP contribution < -0.4 is 9.64 Å². The van der Waals surface area contributed by atoms with Gasteiger partial charge in [-0.2, -0.15) is 5.26 Å². The highest BCUT2D eigenvalue weighted by atomic mass is 16.5. The molecule has 0 saturated carbocycles. The summed E-state index contributed by atoms with van der Waals surface area (Å²) in [6.45, 7) is 11.9. The van der Waals surface area contributed by atoms with Crippen LogP contribution in [0.2, 0.25) is 0 Å². The highest BCUT2D eigenvalue weighted by Gasteiger charge is 2.36. The minimum absolute atomic E-state index is 0.0631. The van der Waals surface area contributed by atoms with Crippen LogP contribution in [0, 0.1) is 11.3 Å². The molecular formula is C23H31N3O3. The second-order valence-corrected chi connectivity index (χ2v) is 8.39. The third-order valence-corrected chi connectivity index (χ3v) is 6.00. The van der Waals surface area contributed by atoms with Gasteiger partial charge in [-0.05, 0) is 50.8 Å². The van der Waals surface area contributed by atoms with Gasteiger partial charge in [0.1, 0.15) is 17.4 Å². The third-order valence-electron chi connectivity index (χ3n) is 6.00. The Morgan fingerprint density at radius 1 is 1.38 bits per heavy atom. The fourth-order valence-electron chi connectivity index (χ4n) is 4.65. The van der Waals surface area contributed by atoms with Gasteiger partial charge in [-0.15, -0.1) is 0 Å². The molecule has 1 aromatic rings. The first-order chi connectivity index (χ1) is 13.8. The summed E-state index contributed by atoms with van der Waals surface area (Å²) in [6, 6.07) is 6.22. The number of hydrogen-bond acceptors (Lipinski definition) is 5. The molecule has 1 saturated heterocycles. The van der Waals surface area contributed by atoms with Crippen molar-refractivity contribution in [3.8, 4) is 11.8 Å². The van der Waals surface area contributed by atoms with Crippen LogP contribution in [0.5, 0.6) is 5.75 Å². The van der Waals surface area contributed by atoms with Gasteiger partial charge in [-0.25, -0.2) is 0 Å². The van der Waals surface area contributed by atoms with E-state index in [-0.39, 0.29) is 17.0 Å². The molecule has 29 heavy (non-hydrogen) atoms. The zero-order valence-electron chi connectivity index (χ0n) is 18.1. The van der Waals surface area contributed by atoms with Crippen molar-refractivity contribution in [3.05, 3.63) is 28.8 Å². The molecule has 1 amide bonds. The second kappa shape index (κ2) is 8.46. The minimum atomic E-state index is -0.250. The Morgan fingerprint density at radius 3 is 2.66 bits per heavy atom. The monoisotopic (exact) mass is 397 g/mol. The molecule has 2 aliphatic heterocycles. The number of benzene rings is 1. The maximum Gasteiger partial charge on any atom is 0.264 e. The number of carbonyl (C=O) groups is 1. The Balaban J connectivity index is 2.04. The van der Waals surface area contributed by atoms with E-state index in [1.807, 2.05) is 0 Å². The Kier molecular flexibility index (Phi) is 6.18. The molecule has 1 unspecified atom stereocenters. The summed E-state index contributed by atoms with van der Waals surface area (Å²) in [6.07, 6.45) is 2.71. The average Bonchev–Trinajstić information content (AvgIpc) is 2.71. The van der Waals surface area contributed by atoms with E-state index < -0.39 is 0 Å². The lowest BCUT2D eigenvalue weighted by atomic mass is 9.79. The second-order valence-electron chi connectivity index (χ2n) is 8.39. The van der Waals surface area contributed by atoms with Crippen molar-refractivity contribution in [2.75, 3.05) is 44.9 Å². The van der Waals surface area contributed by atoms with Gasteiger partial charge >= 0.3 is 0 Å². The summed E-state index contributed by atoms with van der Waals surface area (Å²) < 4.78 is 11.0. The zero-order valence-corrected chi connectivity index (χ0v) is 18.1. The Bertz CT molecular complexity index is 848. The number of hydrogen-bond donors (Lipinski definition) is 0. The molecule has 6 nitrogen and oxygen atoms in total. The van der Waals surface area contributed by atoms with E-state index in [9.17, 15) is 10.1 Å². The molecule has 2 heterocycles. The summed E-state index contributed by atoms with van der Waals surface area (Å²) in [5.41, 5.74) is 3.36. The first kappa shape index (κ1) is 21.2. The van der Waals surface area contributed by atoms with Crippen LogP contribution in [0.1, 0.15) is 51.2 Å². The molecule has 1 aromatic carbocycles. The molecule has 1 fully saturated rings. The van der Waals surface area contributed by atoms with Gasteiger partial charge < -0.3 is 19.3 Å². The molecule has 0 radical (unpaired) electrons. The van der Waals surface area contributed by atoms with Crippen molar-refractivity contribution in [3.63, 3.8) is 0 Å². The summed E-state index contributed by atoms with van der Waals surface area (Å²) in [7, 11) is 1.63. The highest BCUT2D eigenvalue weighted by molar-refractivity contribution is 6.02. The zero-order chi connectivity index (χ0) is 21.2. The van der Waals surface area contributed by atoms with Gasteiger partial charge in [-0.1, -0.05) is 6.92 Å². The largest absolute Gasteiger partial charge is 0.496 e. The van der Waals surface area contributed by atoms with Gasteiger partial charge in [-0.3, -0.25) is 4.79 Å². The molecule has 0 bridgehead atoms. The van der Waals surface area contributed by atoms with Crippen molar-refractivity contribution in [1.29, 1.82) is 5.26 Å². The van der Waals surface area contributed by atoms with Crippen LogP contribution in [0.25, 0.3) is 6.08 Å². The van der Waals surface area contributed by atoms with Crippen molar-refractivity contribution >= 4 is 17.7 Å². The van der Waals surface area contributed by atoms with E-state index in [0.717, 1.165) is 18.5 Å². The number of nitriles is 1. The maximum absolute atomic E-state index is 12.8. The number of amides is 1. The minimum Gasteiger partial charge on any atom is -0.496 e. The van der Waals surface area contributed by atoms with Crippen LogP contribution in [0.4, 0.5) is 5.69 Å². The number of carbonyl (C=O) groups excluding carboxylic acids is 1. The molecule has 1 atom stereocenters. The molecule has 156 valence electrons. The highest BCUT2D eigenvalue weighted by Crippen LogP contribution is 2.45. The first-order valence-corrected chi connectivity index (χ1v) is 10.3. The lowest BCUT2D eigenvalue weighted by Crippen LogP contribution is -2.48. The topological polar surface area (TPSA) is 65.8 Å². The normalized spacial score (nSPS) is 21.4. The molecule has 2 aliphatic rings. The van der Waals surface area contributed by atoms with E-state index in [1.54, 1.807) is 18.1 Å². The van der Waals surface area contributed by atoms with E-state index in [1.165, 1.54) is 11.3 Å².